The highest BCUT2D eigenvalue weighted by molar-refractivity contribution is 5.79. The van der Waals surface area contributed by atoms with Crippen molar-refractivity contribution in [1.29, 1.82) is 0 Å². The van der Waals surface area contributed by atoms with E-state index in [0.717, 1.165) is 6.42 Å². The van der Waals surface area contributed by atoms with Crippen molar-refractivity contribution in [2.75, 3.05) is 32.8 Å². The smallest absolute Gasteiger partial charge is 0.240 e. The fraction of sp³-hybridized carbons (Fsp3) is 0.824. The van der Waals surface area contributed by atoms with Gasteiger partial charge >= 0.3 is 0 Å². The first-order chi connectivity index (χ1) is 12.0. The molecule has 25 heavy (non-hydrogen) atoms. The maximum Gasteiger partial charge on any atom is 0.240 e. The summed E-state index contributed by atoms with van der Waals surface area (Å²) in [6, 6.07) is 0. The van der Waals surface area contributed by atoms with Gasteiger partial charge in [0.05, 0.1) is 25.6 Å². The van der Waals surface area contributed by atoms with Gasteiger partial charge in [-0.05, 0) is 19.3 Å². The molecule has 8 heteroatoms. The molecule has 1 amide bonds. The topological polar surface area (TPSA) is 80.5 Å². The van der Waals surface area contributed by atoms with Crippen molar-refractivity contribution in [3.63, 3.8) is 0 Å². The van der Waals surface area contributed by atoms with Crippen molar-refractivity contribution < 1.29 is 18.4 Å². The number of hydrogen-bond donors (Lipinski definition) is 1. The molecule has 0 saturated carbocycles. The van der Waals surface area contributed by atoms with Gasteiger partial charge in [0, 0.05) is 25.6 Å². The van der Waals surface area contributed by atoms with Crippen LogP contribution in [0.25, 0.3) is 0 Å². The highest BCUT2D eigenvalue weighted by Crippen LogP contribution is 2.27. The third-order valence-electron chi connectivity index (χ3n) is 4.99. The maximum absolute atomic E-state index is 14.9. The third kappa shape index (κ3) is 4.76. The van der Waals surface area contributed by atoms with Crippen LogP contribution in [0, 0.1) is 5.92 Å². The molecule has 1 unspecified atom stereocenters. The third-order valence-corrected chi connectivity index (χ3v) is 4.99. The first-order valence-corrected chi connectivity index (χ1v) is 9.04. The average Bonchev–Trinajstić information content (AvgIpc) is 3.27. The molecule has 0 aromatic carbocycles. The monoisotopic (exact) mass is 354 g/mol. The number of nitrogens with zero attached hydrogens (tertiary/aromatic N) is 3. The largest absolute Gasteiger partial charge is 0.381 e. The van der Waals surface area contributed by atoms with Gasteiger partial charge in [0.2, 0.25) is 11.8 Å². The highest BCUT2D eigenvalue weighted by atomic mass is 19.1. The fourth-order valence-electron chi connectivity index (χ4n) is 3.18. The van der Waals surface area contributed by atoms with Gasteiger partial charge in [0.15, 0.2) is 5.82 Å². The molecular weight excluding hydrogens is 327 g/mol. The van der Waals surface area contributed by atoms with Gasteiger partial charge in [-0.3, -0.25) is 9.69 Å². The molecule has 0 radical (unpaired) electrons. The zero-order valence-electron chi connectivity index (χ0n) is 15.0. The molecule has 2 saturated heterocycles. The Morgan fingerprint density at radius 1 is 1.44 bits per heavy atom. The molecule has 1 aromatic heterocycles. The Hall–Kier alpha value is -1.54. The van der Waals surface area contributed by atoms with Crippen LogP contribution in [0.4, 0.5) is 4.39 Å². The predicted octanol–water partition coefficient (Wildman–Crippen LogP) is 1.65. The van der Waals surface area contributed by atoms with E-state index in [4.69, 9.17) is 9.26 Å². The Morgan fingerprint density at radius 3 is 2.80 bits per heavy atom. The average molecular weight is 354 g/mol. The molecule has 2 aliphatic heterocycles. The number of piperidine rings is 1. The SMILES string of the molecule is CC(C)c1noc(CN2CCC(F)(CNC(=O)C3CCOC3)CC2)n1. The fourth-order valence-corrected chi connectivity index (χ4v) is 3.18. The number of carbonyl (C=O) groups excluding carboxylic acids is 1. The van der Waals surface area contributed by atoms with Crippen LogP contribution < -0.4 is 5.32 Å². The number of ether oxygens (including phenoxy) is 1. The lowest BCUT2D eigenvalue weighted by Crippen LogP contribution is -2.49. The van der Waals surface area contributed by atoms with Gasteiger partial charge in [-0.1, -0.05) is 19.0 Å². The van der Waals surface area contributed by atoms with E-state index in [1.54, 1.807) is 0 Å². The minimum absolute atomic E-state index is 0.0776. The Bertz CT molecular complexity index is 578. The number of rotatable bonds is 6. The first-order valence-electron chi connectivity index (χ1n) is 9.04. The minimum Gasteiger partial charge on any atom is -0.381 e. The number of nitrogens with one attached hydrogen (secondary N) is 1. The number of amides is 1. The molecule has 3 rings (SSSR count). The summed E-state index contributed by atoms with van der Waals surface area (Å²) < 4.78 is 25.4. The summed E-state index contributed by atoms with van der Waals surface area (Å²) >= 11 is 0. The lowest BCUT2D eigenvalue weighted by atomic mass is 9.93. The summed E-state index contributed by atoms with van der Waals surface area (Å²) in [5, 5.41) is 6.71. The lowest BCUT2D eigenvalue weighted by molar-refractivity contribution is -0.125. The van der Waals surface area contributed by atoms with Crippen LogP contribution in [0.3, 0.4) is 0 Å². The molecule has 140 valence electrons. The van der Waals surface area contributed by atoms with Crippen LogP contribution in [-0.2, 0) is 16.1 Å². The van der Waals surface area contributed by atoms with E-state index < -0.39 is 5.67 Å². The van der Waals surface area contributed by atoms with Crippen molar-refractivity contribution >= 4 is 5.91 Å². The van der Waals surface area contributed by atoms with Crippen LogP contribution in [-0.4, -0.2) is 59.5 Å². The minimum atomic E-state index is -1.34. The molecular formula is C17H27FN4O3. The van der Waals surface area contributed by atoms with Crippen molar-refractivity contribution in [1.82, 2.24) is 20.4 Å². The van der Waals surface area contributed by atoms with E-state index in [9.17, 15) is 9.18 Å². The molecule has 0 bridgehead atoms. The van der Waals surface area contributed by atoms with Crippen LogP contribution >= 0.6 is 0 Å². The number of halogens is 1. The van der Waals surface area contributed by atoms with E-state index in [1.165, 1.54) is 0 Å². The second kappa shape index (κ2) is 7.78. The van der Waals surface area contributed by atoms with Gasteiger partial charge in [-0.2, -0.15) is 4.98 Å². The first kappa shape index (κ1) is 18.3. The molecule has 1 atom stereocenters. The van der Waals surface area contributed by atoms with Crippen LogP contribution in [0.15, 0.2) is 4.52 Å². The summed E-state index contributed by atoms with van der Waals surface area (Å²) in [4.78, 5) is 18.5. The summed E-state index contributed by atoms with van der Waals surface area (Å²) in [6.07, 6.45) is 1.50. The van der Waals surface area contributed by atoms with Gasteiger partial charge in [-0.15, -0.1) is 0 Å². The Balaban J connectivity index is 1.42. The number of carbonyl (C=O) groups is 1. The van der Waals surface area contributed by atoms with Gasteiger partial charge < -0.3 is 14.6 Å². The van der Waals surface area contributed by atoms with Crippen molar-refractivity contribution in [2.24, 2.45) is 5.92 Å². The second-order valence-electron chi connectivity index (χ2n) is 7.41. The van der Waals surface area contributed by atoms with Gasteiger partial charge in [0.1, 0.15) is 5.67 Å². The van der Waals surface area contributed by atoms with E-state index in [1.807, 2.05) is 13.8 Å². The standard InChI is InChI=1S/C17H27FN4O3/c1-12(2)15-20-14(25-21-15)9-22-6-4-17(18,5-7-22)11-19-16(23)13-3-8-24-10-13/h12-13H,3-11H2,1-2H3,(H,19,23). The van der Waals surface area contributed by atoms with Crippen LogP contribution in [0.2, 0.25) is 0 Å². The molecule has 0 aliphatic carbocycles. The van der Waals surface area contributed by atoms with E-state index >= 15 is 0 Å². The summed E-state index contributed by atoms with van der Waals surface area (Å²) in [7, 11) is 0. The normalized spacial score (nSPS) is 23.9. The summed E-state index contributed by atoms with van der Waals surface area (Å²) in [6.45, 7) is 6.92. The van der Waals surface area contributed by atoms with E-state index in [0.29, 0.717) is 57.4 Å². The lowest BCUT2D eigenvalue weighted by Gasteiger charge is -2.35. The molecule has 3 heterocycles. The maximum atomic E-state index is 14.9. The van der Waals surface area contributed by atoms with Crippen molar-refractivity contribution in [3.05, 3.63) is 11.7 Å². The number of aromatic nitrogens is 2. The molecule has 2 aliphatic rings. The summed E-state index contributed by atoms with van der Waals surface area (Å²) in [5.74, 6) is 1.28. The molecule has 2 fully saturated rings. The Morgan fingerprint density at radius 2 is 2.20 bits per heavy atom. The number of alkyl halides is 1. The van der Waals surface area contributed by atoms with Crippen LogP contribution in [0.1, 0.15) is 50.7 Å². The van der Waals surface area contributed by atoms with Crippen molar-refractivity contribution in [3.8, 4) is 0 Å². The number of hydrogen-bond acceptors (Lipinski definition) is 6. The van der Waals surface area contributed by atoms with E-state index in [-0.39, 0.29) is 24.3 Å². The predicted molar refractivity (Wildman–Crippen MR) is 88.7 cm³/mol. The second-order valence-corrected chi connectivity index (χ2v) is 7.41. The molecule has 0 spiro atoms. The highest BCUT2D eigenvalue weighted by Gasteiger charge is 2.36. The zero-order chi connectivity index (χ0) is 17.9. The molecule has 1 N–H and O–H groups in total. The van der Waals surface area contributed by atoms with Crippen molar-refractivity contribution in [2.45, 2.75) is 51.2 Å². The number of likely N-dealkylation sites (tertiary alicyclic amines) is 1. The van der Waals surface area contributed by atoms with Gasteiger partial charge in [0.25, 0.3) is 0 Å². The molecule has 7 nitrogen and oxygen atoms in total. The zero-order valence-corrected chi connectivity index (χ0v) is 15.0. The Kier molecular flexibility index (Phi) is 5.68. The van der Waals surface area contributed by atoms with Crippen LogP contribution in [0.5, 0.6) is 0 Å². The summed E-state index contributed by atoms with van der Waals surface area (Å²) in [5.41, 5.74) is -1.34. The molecule has 1 aromatic rings. The Labute approximate surface area is 147 Å². The quantitative estimate of drug-likeness (QED) is 0.837. The van der Waals surface area contributed by atoms with Gasteiger partial charge in [-0.25, -0.2) is 4.39 Å². The van der Waals surface area contributed by atoms with E-state index in [2.05, 4.69) is 20.4 Å².